The van der Waals surface area contributed by atoms with Gasteiger partial charge >= 0.3 is 0 Å². The third-order valence-electron chi connectivity index (χ3n) is 4.28. The van der Waals surface area contributed by atoms with Crippen molar-refractivity contribution in [1.29, 1.82) is 10.5 Å². The molecular weight excluding hydrogens is 386 g/mol. The Hall–Kier alpha value is -4.31. The van der Waals surface area contributed by atoms with Crippen LogP contribution in [0.4, 0.5) is 28.4 Å². The second kappa shape index (κ2) is 9.75. The lowest BCUT2D eigenvalue weighted by Gasteiger charge is -2.23. The number of rotatable bonds is 8. The maximum Gasteiger partial charge on any atom is 0.272 e. The fourth-order valence-electron chi connectivity index (χ4n) is 2.85. The number of aliphatic imine (C=N–C) groups is 1. The van der Waals surface area contributed by atoms with E-state index in [4.69, 9.17) is 0 Å². The lowest BCUT2D eigenvalue weighted by atomic mass is 10.1. The van der Waals surface area contributed by atoms with Crippen LogP contribution < -0.4 is 20.9 Å². The molecule has 0 bridgehead atoms. The Morgan fingerprint density at radius 1 is 1.13 bits per heavy atom. The number of hydrogen-bond donors (Lipinski definition) is 2. The van der Waals surface area contributed by atoms with Crippen LogP contribution in [0.1, 0.15) is 31.9 Å². The molecule has 154 valence electrons. The van der Waals surface area contributed by atoms with Crippen LogP contribution >= 0.6 is 0 Å². The first-order valence-electron chi connectivity index (χ1n) is 9.10. The van der Waals surface area contributed by atoms with E-state index >= 15 is 0 Å². The molecule has 0 radical (unpaired) electrons. The average molecular weight is 406 g/mol. The van der Waals surface area contributed by atoms with Gasteiger partial charge in [-0.05, 0) is 44.9 Å². The number of nitrogens with one attached hydrogen (secondary N) is 2. The molecule has 0 saturated carbocycles. The topological polar surface area (TPSA) is 153 Å². The van der Waals surface area contributed by atoms with Crippen molar-refractivity contribution in [2.24, 2.45) is 4.99 Å². The summed E-state index contributed by atoms with van der Waals surface area (Å²) in [6.45, 7) is 6.92. The molecule has 10 nitrogen and oxygen atoms in total. The molecule has 2 rings (SSSR count). The molecule has 0 fully saturated rings. The first-order valence-corrected chi connectivity index (χ1v) is 9.10. The molecular formula is C20H20N7O3-. The quantitative estimate of drug-likeness (QED) is 0.293. The van der Waals surface area contributed by atoms with Crippen LogP contribution in [-0.2, 0) is 0 Å². The van der Waals surface area contributed by atoms with Crippen molar-refractivity contribution < 1.29 is 10.0 Å². The Morgan fingerprint density at radius 2 is 1.73 bits per heavy atom. The molecule has 0 amide bonds. The minimum Gasteiger partial charge on any atom is -0.862 e. The third-order valence-corrected chi connectivity index (χ3v) is 4.28. The summed E-state index contributed by atoms with van der Waals surface area (Å²) in [5.41, 5.74) is 6.89. The SMILES string of the molecule is CCN(CC)c1ccc(NNc2c(C#N)cc([N+](=O)[O-])cc2C#N)c(N=C(C)[O-])c1. The number of nitro groups is 1. The van der Waals surface area contributed by atoms with Gasteiger partial charge in [-0.2, -0.15) is 10.5 Å². The first-order chi connectivity index (χ1) is 14.3. The Balaban J connectivity index is 2.44. The number of nitro benzene ring substituents is 1. The Morgan fingerprint density at radius 3 is 2.20 bits per heavy atom. The van der Waals surface area contributed by atoms with Gasteiger partial charge in [0.15, 0.2) is 0 Å². The van der Waals surface area contributed by atoms with Crippen LogP contribution in [-0.4, -0.2) is 23.9 Å². The van der Waals surface area contributed by atoms with Crippen molar-refractivity contribution in [1.82, 2.24) is 0 Å². The van der Waals surface area contributed by atoms with E-state index < -0.39 is 4.92 Å². The fourth-order valence-corrected chi connectivity index (χ4v) is 2.85. The summed E-state index contributed by atoms with van der Waals surface area (Å²) in [5, 5.41) is 41.3. The maximum absolute atomic E-state index is 11.6. The zero-order valence-corrected chi connectivity index (χ0v) is 16.8. The molecule has 0 atom stereocenters. The molecule has 0 aromatic heterocycles. The number of nitriles is 2. The smallest absolute Gasteiger partial charge is 0.272 e. The van der Waals surface area contributed by atoms with E-state index in [0.29, 0.717) is 11.4 Å². The molecule has 0 aliphatic heterocycles. The molecule has 0 heterocycles. The van der Waals surface area contributed by atoms with Crippen LogP contribution in [0, 0.1) is 32.8 Å². The van der Waals surface area contributed by atoms with E-state index in [1.165, 1.54) is 6.92 Å². The highest BCUT2D eigenvalue weighted by molar-refractivity contribution is 5.81. The predicted molar refractivity (Wildman–Crippen MR) is 113 cm³/mol. The monoisotopic (exact) mass is 406 g/mol. The van der Waals surface area contributed by atoms with E-state index in [9.17, 15) is 25.7 Å². The molecule has 0 aliphatic rings. The third kappa shape index (κ3) is 4.94. The molecule has 2 aromatic rings. The van der Waals surface area contributed by atoms with E-state index in [2.05, 4.69) is 20.7 Å². The standard InChI is InChI=1S/C20H21N7O3/c1-4-26(5-2)16-6-7-18(19(10-16)23-13(3)28)24-25-20-14(11-21)8-17(27(29)30)9-15(20)12-22/h6-10,24-25H,4-5H2,1-3H3,(H,23,28)/p-1. The minimum atomic E-state index is -0.672. The maximum atomic E-state index is 11.6. The van der Waals surface area contributed by atoms with E-state index in [1.807, 2.05) is 32.1 Å². The van der Waals surface area contributed by atoms with Crippen molar-refractivity contribution in [3.05, 3.63) is 51.6 Å². The Bertz CT molecular complexity index is 1020. The highest BCUT2D eigenvalue weighted by Crippen LogP contribution is 2.32. The van der Waals surface area contributed by atoms with Gasteiger partial charge in [-0.15, -0.1) is 0 Å². The van der Waals surface area contributed by atoms with Crippen LogP contribution in [0.15, 0.2) is 35.3 Å². The zero-order chi connectivity index (χ0) is 22.3. The summed E-state index contributed by atoms with van der Waals surface area (Å²) >= 11 is 0. The largest absolute Gasteiger partial charge is 0.862 e. The average Bonchev–Trinajstić information content (AvgIpc) is 2.72. The van der Waals surface area contributed by atoms with Crippen molar-refractivity contribution in [3.63, 3.8) is 0 Å². The molecule has 0 unspecified atom stereocenters. The summed E-state index contributed by atoms with van der Waals surface area (Å²) in [5.74, 6) is -0.388. The van der Waals surface area contributed by atoms with Crippen LogP contribution in [0.2, 0.25) is 0 Å². The van der Waals surface area contributed by atoms with Gasteiger partial charge in [0.1, 0.15) is 12.1 Å². The summed E-state index contributed by atoms with van der Waals surface area (Å²) in [6, 6.07) is 11.2. The molecule has 2 aromatic carbocycles. The number of benzene rings is 2. The van der Waals surface area contributed by atoms with Crippen molar-refractivity contribution in [3.8, 4) is 12.1 Å². The van der Waals surface area contributed by atoms with Gasteiger partial charge in [0, 0.05) is 30.9 Å². The predicted octanol–water partition coefficient (Wildman–Crippen LogP) is 3.03. The van der Waals surface area contributed by atoms with Crippen LogP contribution in [0.5, 0.6) is 0 Å². The fraction of sp³-hybridized carbons (Fsp3) is 0.250. The molecule has 2 N–H and O–H groups in total. The van der Waals surface area contributed by atoms with Gasteiger partial charge in [-0.1, -0.05) is 0 Å². The summed E-state index contributed by atoms with van der Waals surface area (Å²) in [6.07, 6.45) is 0. The van der Waals surface area contributed by atoms with Crippen molar-refractivity contribution >= 4 is 34.3 Å². The minimum absolute atomic E-state index is 0.0712. The number of anilines is 3. The van der Waals surface area contributed by atoms with Gasteiger partial charge < -0.3 is 10.0 Å². The summed E-state index contributed by atoms with van der Waals surface area (Å²) in [7, 11) is 0. The zero-order valence-electron chi connectivity index (χ0n) is 16.8. The number of nitrogens with zero attached hydrogens (tertiary/aromatic N) is 5. The molecule has 30 heavy (non-hydrogen) atoms. The second-order valence-corrected chi connectivity index (χ2v) is 6.15. The molecule has 10 heteroatoms. The van der Waals surface area contributed by atoms with Crippen molar-refractivity contribution in [2.75, 3.05) is 28.8 Å². The number of hydrogen-bond acceptors (Lipinski definition) is 9. The van der Waals surface area contributed by atoms with Crippen molar-refractivity contribution in [2.45, 2.75) is 20.8 Å². The summed E-state index contributed by atoms with van der Waals surface area (Å²) in [4.78, 5) is 16.5. The van der Waals surface area contributed by atoms with Crippen LogP contribution in [0.25, 0.3) is 0 Å². The Labute approximate surface area is 173 Å². The lowest BCUT2D eigenvalue weighted by molar-refractivity contribution is -0.384. The molecule has 0 saturated heterocycles. The first kappa shape index (κ1) is 22.0. The van der Waals surface area contributed by atoms with E-state index in [-0.39, 0.29) is 28.4 Å². The van der Waals surface area contributed by atoms with Gasteiger partial charge in [0.2, 0.25) is 0 Å². The van der Waals surface area contributed by atoms with Gasteiger partial charge in [0.25, 0.3) is 5.69 Å². The normalized spacial score (nSPS) is 10.6. The lowest BCUT2D eigenvalue weighted by Crippen LogP contribution is -2.22. The highest BCUT2D eigenvalue weighted by atomic mass is 16.6. The van der Waals surface area contributed by atoms with Gasteiger partial charge in [0.05, 0.1) is 33.1 Å². The highest BCUT2D eigenvalue weighted by Gasteiger charge is 2.17. The van der Waals surface area contributed by atoms with Gasteiger partial charge in [-0.25, -0.2) is 0 Å². The van der Waals surface area contributed by atoms with Gasteiger partial charge in [-0.3, -0.25) is 26.0 Å². The summed E-state index contributed by atoms with van der Waals surface area (Å²) < 4.78 is 0. The Kier molecular flexibility index (Phi) is 7.15. The van der Waals surface area contributed by atoms with E-state index in [0.717, 1.165) is 30.9 Å². The number of hydrazine groups is 1. The molecule has 0 spiro atoms. The van der Waals surface area contributed by atoms with E-state index in [1.54, 1.807) is 12.1 Å². The number of non-ortho nitro benzene ring substituents is 1. The molecule has 0 aliphatic carbocycles. The van der Waals surface area contributed by atoms with Crippen LogP contribution in [0.3, 0.4) is 0 Å². The second-order valence-electron chi connectivity index (χ2n) is 6.15.